The van der Waals surface area contributed by atoms with Gasteiger partial charge in [-0.05, 0) is 24.9 Å². The molecule has 0 aliphatic carbocycles. The van der Waals surface area contributed by atoms with Crippen LogP contribution in [-0.2, 0) is 14.3 Å². The smallest absolute Gasteiger partial charge is 0.328 e. The summed E-state index contributed by atoms with van der Waals surface area (Å²) in [5.41, 5.74) is 0. The SMILES string of the molecule is COC(=O)C(CCSC)NC(=O)CCCCl. The summed E-state index contributed by atoms with van der Waals surface area (Å²) in [7, 11) is 1.32. The molecule has 0 aromatic carbocycles. The van der Waals surface area contributed by atoms with E-state index in [2.05, 4.69) is 10.1 Å². The fourth-order valence-corrected chi connectivity index (χ4v) is 1.73. The molecule has 0 fully saturated rings. The Morgan fingerprint density at radius 3 is 2.69 bits per heavy atom. The van der Waals surface area contributed by atoms with Gasteiger partial charge in [0.05, 0.1) is 7.11 Å². The number of hydrogen-bond acceptors (Lipinski definition) is 4. The molecule has 6 heteroatoms. The summed E-state index contributed by atoms with van der Waals surface area (Å²) in [6.45, 7) is 0. The number of ether oxygens (including phenoxy) is 1. The van der Waals surface area contributed by atoms with Gasteiger partial charge in [-0.25, -0.2) is 4.79 Å². The van der Waals surface area contributed by atoms with Crippen molar-refractivity contribution in [3.8, 4) is 0 Å². The largest absolute Gasteiger partial charge is 0.467 e. The average Bonchev–Trinajstić information content (AvgIpc) is 2.30. The standard InChI is InChI=1S/C10H18ClNO3S/c1-15-10(14)8(5-7-16-2)12-9(13)4-3-6-11/h8H,3-7H2,1-2H3,(H,12,13). The van der Waals surface area contributed by atoms with Gasteiger partial charge in [-0.2, -0.15) is 11.8 Å². The topological polar surface area (TPSA) is 55.4 Å². The summed E-state index contributed by atoms with van der Waals surface area (Å²) < 4.78 is 4.63. The highest BCUT2D eigenvalue weighted by atomic mass is 35.5. The van der Waals surface area contributed by atoms with E-state index in [0.29, 0.717) is 25.1 Å². The van der Waals surface area contributed by atoms with Crippen LogP contribution in [0.5, 0.6) is 0 Å². The Bertz CT molecular complexity index is 226. The Labute approximate surface area is 105 Å². The van der Waals surface area contributed by atoms with Crippen molar-refractivity contribution in [2.45, 2.75) is 25.3 Å². The summed E-state index contributed by atoms with van der Waals surface area (Å²) in [6.07, 6.45) is 3.49. The van der Waals surface area contributed by atoms with Crippen molar-refractivity contribution >= 4 is 35.2 Å². The Morgan fingerprint density at radius 2 is 2.19 bits per heavy atom. The number of alkyl halides is 1. The van der Waals surface area contributed by atoms with Gasteiger partial charge in [0.1, 0.15) is 6.04 Å². The van der Waals surface area contributed by atoms with E-state index in [9.17, 15) is 9.59 Å². The van der Waals surface area contributed by atoms with E-state index < -0.39 is 12.0 Å². The minimum Gasteiger partial charge on any atom is -0.467 e. The highest BCUT2D eigenvalue weighted by Crippen LogP contribution is 2.03. The first-order chi connectivity index (χ1) is 7.65. The molecule has 0 bridgehead atoms. The van der Waals surface area contributed by atoms with Crippen molar-refractivity contribution in [1.29, 1.82) is 0 Å². The molecule has 0 saturated carbocycles. The van der Waals surface area contributed by atoms with Gasteiger partial charge in [0.2, 0.25) is 5.91 Å². The number of rotatable bonds is 8. The summed E-state index contributed by atoms with van der Waals surface area (Å²) in [5.74, 6) is 0.696. The second-order valence-electron chi connectivity index (χ2n) is 3.22. The zero-order valence-electron chi connectivity index (χ0n) is 9.62. The van der Waals surface area contributed by atoms with Gasteiger partial charge in [0.25, 0.3) is 0 Å². The molecule has 0 aliphatic rings. The molecule has 0 rings (SSSR count). The third kappa shape index (κ3) is 6.95. The van der Waals surface area contributed by atoms with Gasteiger partial charge in [-0.1, -0.05) is 0 Å². The third-order valence-electron chi connectivity index (χ3n) is 1.97. The van der Waals surface area contributed by atoms with Gasteiger partial charge >= 0.3 is 5.97 Å². The van der Waals surface area contributed by atoms with Gasteiger partial charge in [0, 0.05) is 12.3 Å². The zero-order chi connectivity index (χ0) is 12.4. The first-order valence-corrected chi connectivity index (χ1v) is 7.00. The van der Waals surface area contributed by atoms with Crippen LogP contribution in [0.4, 0.5) is 0 Å². The maximum Gasteiger partial charge on any atom is 0.328 e. The lowest BCUT2D eigenvalue weighted by Crippen LogP contribution is -2.41. The molecule has 0 heterocycles. The van der Waals surface area contributed by atoms with Crippen molar-refractivity contribution in [1.82, 2.24) is 5.32 Å². The van der Waals surface area contributed by atoms with Crippen LogP contribution in [0.2, 0.25) is 0 Å². The normalized spacial score (nSPS) is 11.9. The van der Waals surface area contributed by atoms with E-state index in [1.165, 1.54) is 7.11 Å². The highest BCUT2D eigenvalue weighted by Gasteiger charge is 2.20. The van der Waals surface area contributed by atoms with Crippen molar-refractivity contribution in [3.63, 3.8) is 0 Å². The monoisotopic (exact) mass is 267 g/mol. The summed E-state index contributed by atoms with van der Waals surface area (Å²) >= 11 is 7.10. The number of carbonyl (C=O) groups is 2. The predicted octanol–water partition coefficient (Wildman–Crippen LogP) is 1.42. The maximum atomic E-state index is 11.4. The summed E-state index contributed by atoms with van der Waals surface area (Å²) in [5, 5.41) is 2.65. The van der Waals surface area contributed by atoms with E-state index in [4.69, 9.17) is 11.6 Å². The van der Waals surface area contributed by atoms with Gasteiger partial charge in [-0.3, -0.25) is 4.79 Å². The lowest BCUT2D eigenvalue weighted by Gasteiger charge is -2.15. The van der Waals surface area contributed by atoms with Crippen LogP contribution in [0.1, 0.15) is 19.3 Å². The molecule has 94 valence electrons. The molecule has 0 saturated heterocycles. The maximum absolute atomic E-state index is 11.4. The highest BCUT2D eigenvalue weighted by molar-refractivity contribution is 7.98. The molecular weight excluding hydrogens is 250 g/mol. The molecule has 1 amide bonds. The lowest BCUT2D eigenvalue weighted by molar-refractivity contribution is -0.145. The van der Waals surface area contributed by atoms with Crippen LogP contribution in [0.25, 0.3) is 0 Å². The molecule has 0 spiro atoms. The van der Waals surface area contributed by atoms with Crippen molar-refractivity contribution in [2.24, 2.45) is 0 Å². The number of carbonyl (C=O) groups excluding carboxylic acids is 2. The minimum atomic E-state index is -0.541. The van der Waals surface area contributed by atoms with E-state index in [1.54, 1.807) is 11.8 Å². The Morgan fingerprint density at radius 1 is 1.50 bits per heavy atom. The molecular formula is C10H18ClNO3S. The molecule has 0 radical (unpaired) electrons. The second kappa shape index (κ2) is 9.78. The van der Waals surface area contributed by atoms with Gasteiger partial charge in [0.15, 0.2) is 0 Å². The Balaban J connectivity index is 4.08. The number of thioether (sulfide) groups is 1. The number of halogens is 1. The molecule has 1 atom stereocenters. The first-order valence-electron chi connectivity index (χ1n) is 5.07. The van der Waals surface area contributed by atoms with Crippen LogP contribution in [0, 0.1) is 0 Å². The zero-order valence-corrected chi connectivity index (χ0v) is 11.2. The van der Waals surface area contributed by atoms with Crippen LogP contribution in [-0.4, -0.2) is 42.9 Å². The Hall–Kier alpha value is -0.420. The molecule has 1 N–H and O–H groups in total. The second-order valence-corrected chi connectivity index (χ2v) is 4.58. The molecule has 1 unspecified atom stereocenters. The summed E-state index contributed by atoms with van der Waals surface area (Å²) in [6, 6.07) is -0.541. The third-order valence-corrected chi connectivity index (χ3v) is 2.88. The fourth-order valence-electron chi connectivity index (χ4n) is 1.12. The molecule has 16 heavy (non-hydrogen) atoms. The van der Waals surface area contributed by atoms with Crippen LogP contribution < -0.4 is 5.32 Å². The number of nitrogens with one attached hydrogen (secondary N) is 1. The number of hydrogen-bond donors (Lipinski definition) is 1. The van der Waals surface area contributed by atoms with Crippen LogP contribution in [0.15, 0.2) is 0 Å². The minimum absolute atomic E-state index is 0.155. The van der Waals surface area contributed by atoms with E-state index >= 15 is 0 Å². The number of methoxy groups -OCH3 is 1. The van der Waals surface area contributed by atoms with Crippen LogP contribution in [0.3, 0.4) is 0 Å². The quantitative estimate of drug-likeness (QED) is 0.534. The predicted molar refractivity (Wildman–Crippen MR) is 66.9 cm³/mol. The van der Waals surface area contributed by atoms with Crippen molar-refractivity contribution < 1.29 is 14.3 Å². The lowest BCUT2D eigenvalue weighted by atomic mass is 10.2. The van der Waals surface area contributed by atoms with Crippen molar-refractivity contribution in [2.75, 3.05) is 25.0 Å². The number of esters is 1. The fraction of sp³-hybridized carbons (Fsp3) is 0.800. The molecule has 4 nitrogen and oxygen atoms in total. The molecule has 0 aliphatic heterocycles. The van der Waals surface area contributed by atoms with Crippen LogP contribution >= 0.6 is 23.4 Å². The Kier molecular flexibility index (Phi) is 9.52. The first kappa shape index (κ1) is 15.6. The molecule has 0 aromatic heterocycles. The van der Waals surface area contributed by atoms with Gasteiger partial charge < -0.3 is 10.1 Å². The van der Waals surface area contributed by atoms with E-state index in [0.717, 1.165) is 5.75 Å². The van der Waals surface area contributed by atoms with E-state index in [-0.39, 0.29) is 5.91 Å². The van der Waals surface area contributed by atoms with Crippen molar-refractivity contribution in [3.05, 3.63) is 0 Å². The number of amides is 1. The van der Waals surface area contributed by atoms with E-state index in [1.807, 2.05) is 6.26 Å². The molecule has 0 aromatic rings. The van der Waals surface area contributed by atoms with Gasteiger partial charge in [-0.15, -0.1) is 11.6 Å². The average molecular weight is 268 g/mol. The summed E-state index contributed by atoms with van der Waals surface area (Å²) in [4.78, 5) is 22.8.